The molecule has 4 aromatic rings. The van der Waals surface area contributed by atoms with Crippen LogP contribution in [-0.4, -0.2) is 47.3 Å². The second-order valence-corrected chi connectivity index (χ2v) is 10.8. The van der Waals surface area contributed by atoms with Gasteiger partial charge in [0.15, 0.2) is 0 Å². The predicted octanol–water partition coefficient (Wildman–Crippen LogP) is 5.38. The van der Waals surface area contributed by atoms with Crippen molar-refractivity contribution in [1.82, 2.24) is 19.9 Å². The summed E-state index contributed by atoms with van der Waals surface area (Å²) in [6.07, 6.45) is 9.39. The minimum Gasteiger partial charge on any atom is -0.497 e. The molecule has 1 N–H and O–H groups in total. The third-order valence-corrected chi connectivity index (χ3v) is 8.32. The normalized spacial score (nSPS) is 16.7. The van der Waals surface area contributed by atoms with Crippen molar-refractivity contribution in [2.24, 2.45) is 0 Å². The monoisotopic (exact) mass is 523 g/mol. The molecule has 0 unspecified atom stereocenters. The van der Waals surface area contributed by atoms with Crippen LogP contribution in [0.25, 0.3) is 22.2 Å². The van der Waals surface area contributed by atoms with Crippen molar-refractivity contribution in [1.29, 1.82) is 0 Å². The third-order valence-electron chi connectivity index (χ3n) is 8.32. The summed E-state index contributed by atoms with van der Waals surface area (Å²) in [5.41, 5.74) is 3.74. The molecule has 0 radical (unpaired) electrons. The average molecular weight is 524 g/mol. The Morgan fingerprint density at radius 2 is 1.72 bits per heavy atom. The van der Waals surface area contributed by atoms with Gasteiger partial charge in [0.2, 0.25) is 5.95 Å². The molecule has 1 saturated carbocycles. The molecule has 7 heteroatoms. The van der Waals surface area contributed by atoms with Crippen LogP contribution in [0.2, 0.25) is 0 Å². The van der Waals surface area contributed by atoms with Crippen LogP contribution in [-0.2, 0) is 6.42 Å². The molecule has 2 aromatic carbocycles. The zero-order valence-corrected chi connectivity index (χ0v) is 22.7. The molecule has 1 aliphatic carbocycles. The van der Waals surface area contributed by atoms with E-state index in [0.717, 1.165) is 92.9 Å². The van der Waals surface area contributed by atoms with E-state index in [1.165, 1.54) is 5.56 Å². The summed E-state index contributed by atoms with van der Waals surface area (Å²) < 4.78 is 7.28. The van der Waals surface area contributed by atoms with Gasteiger partial charge in [-0.15, -0.1) is 0 Å². The molecule has 2 fully saturated rings. The zero-order chi connectivity index (χ0) is 26.6. The number of nitrogens with one attached hydrogen (secondary N) is 1. The highest BCUT2D eigenvalue weighted by Crippen LogP contribution is 2.32. The van der Waals surface area contributed by atoms with Crippen LogP contribution in [0.1, 0.15) is 50.1 Å². The van der Waals surface area contributed by atoms with Gasteiger partial charge in [-0.25, -0.2) is 4.98 Å². The van der Waals surface area contributed by atoms with Gasteiger partial charge < -0.3 is 15.0 Å². The Morgan fingerprint density at radius 1 is 0.974 bits per heavy atom. The van der Waals surface area contributed by atoms with Crippen LogP contribution in [0.3, 0.4) is 0 Å². The van der Waals surface area contributed by atoms with E-state index in [2.05, 4.69) is 40.5 Å². The van der Waals surface area contributed by atoms with Crippen molar-refractivity contribution in [3.8, 4) is 16.9 Å². The Labute approximate surface area is 229 Å². The van der Waals surface area contributed by atoms with Crippen LogP contribution in [0.4, 0.5) is 5.95 Å². The summed E-state index contributed by atoms with van der Waals surface area (Å²) in [4.78, 5) is 26.0. The molecule has 1 aliphatic heterocycles. The molecule has 0 bridgehead atoms. The SMILES string of the molecule is COc1ccc(-c2cc3cnc(N4CCC(NCCc5ccccc5)CC4)nc3n(C3CCCC3)c2=O)cc1. The number of hydrogen-bond acceptors (Lipinski definition) is 6. The Kier molecular flexibility index (Phi) is 7.59. The molecule has 2 aliphatic rings. The van der Waals surface area contributed by atoms with E-state index in [0.29, 0.717) is 11.6 Å². The lowest BCUT2D eigenvalue weighted by atomic mass is 10.0. The largest absolute Gasteiger partial charge is 0.497 e. The number of nitrogens with zero attached hydrogens (tertiary/aromatic N) is 4. The van der Waals surface area contributed by atoms with Gasteiger partial charge in [0.05, 0.1) is 7.11 Å². The number of aromatic nitrogens is 3. The standard InChI is InChI=1S/C32H37N5O2/c1-39-28-13-11-24(12-14-28)29-21-25-22-34-32(35-30(25)37(31(29)38)27-9-5-6-10-27)36-19-16-26(17-20-36)33-18-15-23-7-3-2-4-8-23/h2-4,7-8,11-14,21-22,26-27,33H,5-6,9-10,15-20H2,1H3. The van der Waals surface area contributed by atoms with Crippen molar-refractivity contribution in [2.75, 3.05) is 31.6 Å². The molecule has 0 amide bonds. The first-order valence-corrected chi connectivity index (χ1v) is 14.3. The molecular formula is C32H37N5O2. The molecular weight excluding hydrogens is 486 g/mol. The number of ether oxygens (including phenoxy) is 1. The lowest BCUT2D eigenvalue weighted by Gasteiger charge is -2.32. The van der Waals surface area contributed by atoms with E-state index in [1.54, 1.807) is 7.11 Å². The Hall–Kier alpha value is -3.71. The van der Waals surface area contributed by atoms with Crippen molar-refractivity contribution in [3.63, 3.8) is 0 Å². The highest BCUT2D eigenvalue weighted by atomic mass is 16.5. The van der Waals surface area contributed by atoms with Crippen LogP contribution < -0.4 is 20.5 Å². The second kappa shape index (κ2) is 11.6. The Balaban J connectivity index is 1.22. The van der Waals surface area contributed by atoms with Crippen molar-refractivity contribution < 1.29 is 4.74 Å². The topological polar surface area (TPSA) is 72.3 Å². The average Bonchev–Trinajstić information content (AvgIpc) is 3.52. The van der Waals surface area contributed by atoms with Gasteiger partial charge in [0.25, 0.3) is 5.56 Å². The molecule has 0 spiro atoms. The van der Waals surface area contributed by atoms with E-state index in [4.69, 9.17) is 14.7 Å². The number of hydrogen-bond donors (Lipinski definition) is 1. The van der Waals surface area contributed by atoms with Gasteiger partial charge >= 0.3 is 0 Å². The molecule has 7 nitrogen and oxygen atoms in total. The van der Waals surface area contributed by atoms with E-state index in [-0.39, 0.29) is 11.6 Å². The number of methoxy groups -OCH3 is 1. The smallest absolute Gasteiger partial charge is 0.260 e. The highest BCUT2D eigenvalue weighted by Gasteiger charge is 2.25. The van der Waals surface area contributed by atoms with Crippen molar-refractivity contribution >= 4 is 17.0 Å². The summed E-state index contributed by atoms with van der Waals surface area (Å²) in [6, 6.07) is 21.0. The fourth-order valence-corrected chi connectivity index (χ4v) is 6.09. The Morgan fingerprint density at radius 3 is 2.44 bits per heavy atom. The van der Waals surface area contributed by atoms with Gasteiger partial charge in [-0.2, -0.15) is 4.98 Å². The zero-order valence-electron chi connectivity index (χ0n) is 22.7. The van der Waals surface area contributed by atoms with E-state index in [9.17, 15) is 4.79 Å². The fourth-order valence-electron chi connectivity index (χ4n) is 6.09. The first kappa shape index (κ1) is 25.6. The molecule has 39 heavy (non-hydrogen) atoms. The van der Waals surface area contributed by atoms with Crippen LogP contribution in [0, 0.1) is 0 Å². The fraction of sp³-hybridized carbons (Fsp3) is 0.406. The summed E-state index contributed by atoms with van der Waals surface area (Å²) in [5.74, 6) is 1.51. The van der Waals surface area contributed by atoms with Crippen LogP contribution in [0.5, 0.6) is 5.75 Å². The summed E-state index contributed by atoms with van der Waals surface area (Å²) in [6.45, 7) is 2.81. The van der Waals surface area contributed by atoms with Gasteiger partial charge in [-0.05, 0) is 68.0 Å². The maximum absolute atomic E-state index is 13.9. The number of fused-ring (bicyclic) bond motifs is 1. The van der Waals surface area contributed by atoms with Crippen molar-refractivity contribution in [3.05, 3.63) is 82.8 Å². The summed E-state index contributed by atoms with van der Waals surface area (Å²) in [5, 5.41) is 4.64. The summed E-state index contributed by atoms with van der Waals surface area (Å²) >= 11 is 0. The molecule has 2 aromatic heterocycles. The van der Waals surface area contributed by atoms with Gasteiger partial charge in [-0.3, -0.25) is 9.36 Å². The predicted molar refractivity (Wildman–Crippen MR) is 157 cm³/mol. The van der Waals surface area contributed by atoms with Crippen LogP contribution in [0.15, 0.2) is 71.7 Å². The van der Waals surface area contributed by atoms with E-state index >= 15 is 0 Å². The molecule has 202 valence electrons. The minimum absolute atomic E-state index is 0.0329. The van der Waals surface area contributed by atoms with E-state index in [1.807, 2.05) is 41.1 Å². The first-order chi connectivity index (χ1) is 19.2. The highest BCUT2D eigenvalue weighted by molar-refractivity contribution is 5.82. The Bertz CT molecular complexity index is 1450. The number of benzene rings is 2. The number of pyridine rings is 1. The van der Waals surface area contributed by atoms with Gasteiger partial charge in [-0.1, -0.05) is 55.3 Å². The first-order valence-electron chi connectivity index (χ1n) is 14.3. The van der Waals surface area contributed by atoms with Gasteiger partial charge in [0.1, 0.15) is 11.4 Å². The second-order valence-electron chi connectivity index (χ2n) is 10.8. The lowest BCUT2D eigenvalue weighted by Crippen LogP contribution is -2.43. The number of piperidine rings is 1. The van der Waals surface area contributed by atoms with Gasteiger partial charge in [0, 0.05) is 42.3 Å². The quantitative estimate of drug-likeness (QED) is 0.334. The molecule has 6 rings (SSSR count). The molecule has 3 heterocycles. The number of anilines is 1. The van der Waals surface area contributed by atoms with Crippen molar-refractivity contribution in [2.45, 2.75) is 57.0 Å². The number of rotatable bonds is 8. The maximum atomic E-state index is 13.9. The summed E-state index contributed by atoms with van der Waals surface area (Å²) in [7, 11) is 1.65. The lowest BCUT2D eigenvalue weighted by molar-refractivity contribution is 0.414. The molecule has 0 atom stereocenters. The third kappa shape index (κ3) is 5.55. The van der Waals surface area contributed by atoms with Crippen LogP contribution >= 0.6 is 0 Å². The van der Waals surface area contributed by atoms with E-state index < -0.39 is 0 Å². The maximum Gasteiger partial charge on any atom is 0.260 e. The minimum atomic E-state index is 0.0329. The molecule has 1 saturated heterocycles.